The fraction of sp³-hybridized carbons (Fsp3) is 0.0714. The molecular weight excluding hydrogens is 302 g/mol. The van der Waals surface area contributed by atoms with Crippen LogP contribution in [0.5, 0.6) is 0 Å². The Morgan fingerprint density at radius 2 is 2.05 bits per heavy atom. The zero-order valence-electron chi connectivity index (χ0n) is 11.2. The summed E-state index contributed by atoms with van der Waals surface area (Å²) in [6, 6.07) is 8.42. The van der Waals surface area contributed by atoms with Gasteiger partial charge in [0.2, 0.25) is 0 Å². The second-order valence-corrected chi connectivity index (χ2v) is 5.58. The van der Waals surface area contributed by atoms with Gasteiger partial charge in [0.1, 0.15) is 5.52 Å². The molecule has 0 aliphatic carbocycles. The van der Waals surface area contributed by atoms with Crippen molar-refractivity contribution < 1.29 is 0 Å². The number of aromatic nitrogens is 5. The summed E-state index contributed by atoms with van der Waals surface area (Å²) in [5.41, 5.74) is 0.603. The van der Waals surface area contributed by atoms with Gasteiger partial charge in [-0.1, -0.05) is 17.3 Å². The lowest BCUT2D eigenvalue weighted by molar-refractivity contribution is 0.592. The zero-order chi connectivity index (χ0) is 15.1. The molecule has 0 saturated carbocycles. The maximum atomic E-state index is 12.4. The zero-order valence-corrected chi connectivity index (χ0v) is 12.0. The third-order valence-electron chi connectivity index (χ3n) is 3.30. The Hall–Kier alpha value is -2.87. The van der Waals surface area contributed by atoms with E-state index in [1.54, 1.807) is 35.8 Å². The summed E-state index contributed by atoms with van der Waals surface area (Å²) in [7, 11) is 0. The van der Waals surface area contributed by atoms with Gasteiger partial charge in [0, 0.05) is 17.6 Å². The van der Waals surface area contributed by atoms with E-state index in [0.29, 0.717) is 21.6 Å². The molecule has 1 aromatic carbocycles. The molecule has 22 heavy (non-hydrogen) atoms. The summed E-state index contributed by atoms with van der Waals surface area (Å²) >= 11 is 1.36. The highest BCUT2D eigenvalue weighted by Crippen LogP contribution is 2.07. The Labute approximate surface area is 127 Å². The fourth-order valence-corrected chi connectivity index (χ4v) is 2.99. The van der Waals surface area contributed by atoms with Gasteiger partial charge in [-0.05, 0) is 12.1 Å². The van der Waals surface area contributed by atoms with Gasteiger partial charge in [-0.2, -0.15) is 0 Å². The lowest BCUT2D eigenvalue weighted by Crippen LogP contribution is -2.26. The van der Waals surface area contributed by atoms with E-state index in [0.717, 1.165) is 0 Å². The minimum absolute atomic E-state index is 0.111. The summed E-state index contributed by atoms with van der Waals surface area (Å²) in [5, 5.41) is 10.2. The topological polar surface area (TPSA) is 82.1 Å². The predicted molar refractivity (Wildman–Crippen MR) is 82.2 cm³/mol. The van der Waals surface area contributed by atoms with E-state index < -0.39 is 0 Å². The van der Waals surface area contributed by atoms with Crippen LogP contribution in [-0.2, 0) is 6.54 Å². The fourth-order valence-electron chi connectivity index (χ4n) is 2.25. The largest absolute Gasteiger partial charge is 0.277 e. The first-order valence-electron chi connectivity index (χ1n) is 6.51. The SMILES string of the molecule is O=c1c2ccccc2nnn1Cc1cc(=O)n2ccsc2n1. The summed E-state index contributed by atoms with van der Waals surface area (Å²) in [6.07, 6.45) is 1.67. The minimum Gasteiger partial charge on any atom is -0.269 e. The van der Waals surface area contributed by atoms with Crippen LogP contribution in [0.2, 0.25) is 0 Å². The molecule has 0 spiro atoms. The quantitative estimate of drug-likeness (QED) is 0.549. The molecule has 0 fully saturated rings. The smallest absolute Gasteiger partial charge is 0.269 e. The van der Waals surface area contributed by atoms with Crippen LogP contribution < -0.4 is 11.1 Å². The Bertz CT molecular complexity index is 1110. The molecule has 0 unspecified atom stereocenters. The third-order valence-corrected chi connectivity index (χ3v) is 4.05. The first kappa shape index (κ1) is 12.8. The van der Waals surface area contributed by atoms with Crippen LogP contribution in [0.3, 0.4) is 0 Å². The molecule has 0 atom stereocenters. The minimum atomic E-state index is -0.251. The molecule has 0 saturated heterocycles. The van der Waals surface area contributed by atoms with Crippen molar-refractivity contribution in [2.24, 2.45) is 0 Å². The van der Waals surface area contributed by atoms with E-state index in [9.17, 15) is 9.59 Å². The number of fused-ring (bicyclic) bond motifs is 2. The molecule has 0 N–H and O–H groups in total. The maximum Gasteiger partial charge on any atom is 0.277 e. The Kier molecular flexibility index (Phi) is 2.83. The molecule has 4 aromatic rings. The Morgan fingerprint density at radius 3 is 2.95 bits per heavy atom. The van der Waals surface area contributed by atoms with Crippen molar-refractivity contribution in [3.8, 4) is 0 Å². The average Bonchev–Trinajstić information content (AvgIpc) is 2.99. The van der Waals surface area contributed by atoms with Crippen LogP contribution >= 0.6 is 11.3 Å². The molecule has 8 heteroatoms. The molecule has 0 radical (unpaired) electrons. The van der Waals surface area contributed by atoms with Crippen LogP contribution in [0.4, 0.5) is 0 Å². The molecular formula is C14H9N5O2S. The molecule has 0 bridgehead atoms. The molecule has 0 aliphatic rings. The lowest BCUT2D eigenvalue weighted by Gasteiger charge is -2.04. The van der Waals surface area contributed by atoms with Crippen molar-refractivity contribution in [2.45, 2.75) is 6.54 Å². The van der Waals surface area contributed by atoms with Gasteiger partial charge in [-0.3, -0.25) is 14.0 Å². The van der Waals surface area contributed by atoms with Crippen molar-refractivity contribution in [2.75, 3.05) is 0 Å². The predicted octanol–water partition coefficient (Wildman–Crippen LogP) is 0.909. The molecule has 3 aromatic heterocycles. The van der Waals surface area contributed by atoms with E-state index in [1.165, 1.54) is 26.5 Å². The highest BCUT2D eigenvalue weighted by atomic mass is 32.1. The van der Waals surface area contributed by atoms with Gasteiger partial charge < -0.3 is 0 Å². The van der Waals surface area contributed by atoms with Crippen LogP contribution in [0.25, 0.3) is 15.9 Å². The second-order valence-electron chi connectivity index (χ2n) is 4.71. The number of hydrogen-bond donors (Lipinski definition) is 0. The molecule has 0 amide bonds. The Balaban J connectivity index is 1.84. The van der Waals surface area contributed by atoms with Crippen LogP contribution in [0, 0.1) is 0 Å². The van der Waals surface area contributed by atoms with Crippen molar-refractivity contribution in [1.29, 1.82) is 0 Å². The first-order chi connectivity index (χ1) is 10.7. The molecule has 4 rings (SSSR count). The molecule has 3 heterocycles. The second kappa shape index (κ2) is 4.85. The highest BCUT2D eigenvalue weighted by Gasteiger charge is 2.08. The van der Waals surface area contributed by atoms with Crippen molar-refractivity contribution >= 4 is 27.2 Å². The molecule has 0 aliphatic heterocycles. The van der Waals surface area contributed by atoms with Crippen molar-refractivity contribution in [1.82, 2.24) is 24.4 Å². The number of hydrogen-bond acceptors (Lipinski definition) is 6. The monoisotopic (exact) mass is 311 g/mol. The van der Waals surface area contributed by atoms with E-state index in [1.807, 2.05) is 0 Å². The normalized spacial score (nSPS) is 11.3. The lowest BCUT2D eigenvalue weighted by atomic mass is 10.2. The highest BCUT2D eigenvalue weighted by molar-refractivity contribution is 7.15. The van der Waals surface area contributed by atoms with Crippen molar-refractivity contribution in [3.05, 3.63) is 68.3 Å². The average molecular weight is 311 g/mol. The summed E-state index contributed by atoms with van der Waals surface area (Å²) in [4.78, 5) is 29.3. The van der Waals surface area contributed by atoms with E-state index in [4.69, 9.17) is 0 Å². The number of rotatable bonds is 2. The number of benzene rings is 1. The van der Waals surface area contributed by atoms with Crippen molar-refractivity contribution in [3.63, 3.8) is 0 Å². The van der Waals surface area contributed by atoms with Gasteiger partial charge >= 0.3 is 0 Å². The van der Waals surface area contributed by atoms with E-state index >= 15 is 0 Å². The maximum absolute atomic E-state index is 12.4. The third kappa shape index (κ3) is 2.01. The van der Waals surface area contributed by atoms with Crippen LogP contribution in [0.1, 0.15) is 5.69 Å². The van der Waals surface area contributed by atoms with E-state index in [-0.39, 0.29) is 17.7 Å². The van der Waals surface area contributed by atoms with Gasteiger partial charge in [0.15, 0.2) is 4.96 Å². The van der Waals surface area contributed by atoms with E-state index in [2.05, 4.69) is 15.3 Å². The number of nitrogens with zero attached hydrogens (tertiary/aromatic N) is 5. The first-order valence-corrected chi connectivity index (χ1v) is 7.39. The summed E-state index contributed by atoms with van der Waals surface area (Å²) < 4.78 is 2.68. The number of thiazole rings is 1. The van der Waals surface area contributed by atoms with Crippen LogP contribution in [-0.4, -0.2) is 24.4 Å². The molecule has 108 valence electrons. The van der Waals surface area contributed by atoms with Gasteiger partial charge in [0.05, 0.1) is 17.6 Å². The summed E-state index contributed by atoms with van der Waals surface area (Å²) in [6.45, 7) is 0.111. The van der Waals surface area contributed by atoms with Gasteiger partial charge in [-0.15, -0.1) is 16.4 Å². The molecule has 7 nitrogen and oxygen atoms in total. The Morgan fingerprint density at radius 1 is 1.18 bits per heavy atom. The van der Waals surface area contributed by atoms with Crippen LogP contribution in [0.15, 0.2) is 51.5 Å². The standard InChI is InChI=1S/C14H9N5O2S/c20-12-7-9(15-14-18(12)5-6-22-14)8-19-13(21)10-3-1-2-4-11(10)16-17-19/h1-7H,8H2. The summed E-state index contributed by atoms with van der Waals surface area (Å²) in [5.74, 6) is 0. The van der Waals surface area contributed by atoms with Gasteiger partial charge in [0.25, 0.3) is 11.1 Å². The van der Waals surface area contributed by atoms with Gasteiger partial charge in [-0.25, -0.2) is 9.67 Å².